The lowest BCUT2D eigenvalue weighted by atomic mass is 10.1. The van der Waals surface area contributed by atoms with Gasteiger partial charge in [0.15, 0.2) is 5.75 Å². The zero-order chi connectivity index (χ0) is 21.9. The van der Waals surface area contributed by atoms with Crippen LogP contribution in [0.1, 0.15) is 17.0 Å². The third kappa shape index (κ3) is 3.91. The molecule has 0 aliphatic carbocycles. The van der Waals surface area contributed by atoms with Gasteiger partial charge in [0, 0.05) is 17.5 Å². The maximum absolute atomic E-state index is 10.3. The summed E-state index contributed by atoms with van der Waals surface area (Å²) in [5, 5.41) is 12.3. The van der Waals surface area contributed by atoms with E-state index in [2.05, 4.69) is 6.07 Å². The van der Waals surface area contributed by atoms with Crippen molar-refractivity contribution < 1.29 is 14.4 Å². The Labute approximate surface area is 186 Å². The van der Waals surface area contributed by atoms with E-state index < -0.39 is 0 Å². The summed E-state index contributed by atoms with van der Waals surface area (Å²) in [5.41, 5.74) is 4.57. The molecule has 0 aliphatic rings. The molecular weight excluding hydrogens is 396 g/mol. The van der Waals surface area contributed by atoms with Gasteiger partial charge in [-0.15, -0.1) is 0 Å². The third-order valence-electron chi connectivity index (χ3n) is 5.57. The second-order valence-corrected chi connectivity index (χ2v) is 7.70. The summed E-state index contributed by atoms with van der Waals surface area (Å²) < 4.78 is 8.07. The average molecular weight is 420 g/mol. The molecule has 32 heavy (non-hydrogen) atoms. The molecule has 3 aromatic carbocycles. The molecule has 0 radical (unpaired) electrons. The number of rotatable bonds is 5. The van der Waals surface area contributed by atoms with Crippen molar-refractivity contribution in [2.24, 2.45) is 7.05 Å². The van der Waals surface area contributed by atoms with Crippen molar-refractivity contribution in [1.82, 2.24) is 4.98 Å². The molecule has 0 amide bonds. The normalized spacial score (nSPS) is 11.4. The van der Waals surface area contributed by atoms with Crippen molar-refractivity contribution in [3.8, 4) is 11.5 Å². The smallest absolute Gasteiger partial charge is 0.254 e. The van der Waals surface area contributed by atoms with Gasteiger partial charge in [-0.25, -0.2) is 4.98 Å². The van der Waals surface area contributed by atoms with Gasteiger partial charge < -0.3 is 9.84 Å². The molecule has 1 N–H and O–H groups in total. The molecule has 0 atom stereocenters. The van der Waals surface area contributed by atoms with Gasteiger partial charge in [0.1, 0.15) is 24.9 Å². The van der Waals surface area contributed by atoms with Crippen LogP contribution >= 0.6 is 0 Å². The predicted octanol–water partition coefficient (Wildman–Crippen LogP) is 5.67. The minimum atomic E-state index is 0.268. The first-order valence-corrected chi connectivity index (χ1v) is 10.5. The van der Waals surface area contributed by atoms with Crippen LogP contribution in [0, 0.1) is 0 Å². The second kappa shape index (κ2) is 8.52. The largest absolute Gasteiger partial charge is 0.502 e. The number of aryl methyl sites for hydroxylation is 1. The summed E-state index contributed by atoms with van der Waals surface area (Å²) in [4.78, 5) is 4.84. The lowest BCUT2D eigenvalue weighted by Gasteiger charge is -2.09. The highest BCUT2D eigenvalue weighted by Crippen LogP contribution is 2.26. The maximum Gasteiger partial charge on any atom is 0.254 e. The summed E-state index contributed by atoms with van der Waals surface area (Å²) in [6.07, 6.45) is 3.99. The van der Waals surface area contributed by atoms with Gasteiger partial charge >= 0.3 is 0 Å². The molecule has 5 aromatic rings. The number of aromatic hydroxyl groups is 1. The summed E-state index contributed by atoms with van der Waals surface area (Å²) in [7, 11) is 1.95. The van der Waals surface area contributed by atoms with Crippen molar-refractivity contribution in [3.63, 3.8) is 0 Å². The van der Waals surface area contributed by atoms with Gasteiger partial charge in [0.2, 0.25) is 5.69 Å². The number of para-hydroxylation sites is 2. The van der Waals surface area contributed by atoms with Crippen LogP contribution in [0.15, 0.2) is 91.0 Å². The number of benzene rings is 3. The molecule has 0 saturated heterocycles. The zero-order valence-electron chi connectivity index (χ0n) is 17.8. The van der Waals surface area contributed by atoms with E-state index in [4.69, 9.17) is 9.72 Å². The third-order valence-corrected chi connectivity index (χ3v) is 5.57. The molecule has 4 nitrogen and oxygen atoms in total. The molecule has 2 aromatic heterocycles. The number of ether oxygens (including phenoxy) is 1. The summed E-state index contributed by atoms with van der Waals surface area (Å²) in [5.74, 6) is 1.03. The molecule has 0 bridgehead atoms. The Morgan fingerprint density at radius 2 is 1.59 bits per heavy atom. The van der Waals surface area contributed by atoms with E-state index in [1.54, 1.807) is 6.07 Å². The van der Waals surface area contributed by atoms with Crippen molar-refractivity contribution in [1.29, 1.82) is 0 Å². The lowest BCUT2D eigenvalue weighted by Crippen LogP contribution is -2.32. The molecule has 0 spiro atoms. The maximum atomic E-state index is 10.3. The van der Waals surface area contributed by atoms with E-state index in [1.165, 1.54) is 0 Å². The Kier molecular flexibility index (Phi) is 5.26. The van der Waals surface area contributed by atoms with E-state index in [0.717, 1.165) is 44.5 Å². The van der Waals surface area contributed by atoms with Crippen LogP contribution in [0.2, 0.25) is 0 Å². The van der Waals surface area contributed by atoms with E-state index in [-0.39, 0.29) is 5.75 Å². The number of hydrogen-bond acceptors (Lipinski definition) is 3. The molecule has 4 heteroatoms. The van der Waals surface area contributed by atoms with E-state index in [0.29, 0.717) is 6.61 Å². The van der Waals surface area contributed by atoms with Crippen LogP contribution in [0.25, 0.3) is 34.0 Å². The van der Waals surface area contributed by atoms with Gasteiger partial charge in [-0.2, -0.15) is 4.57 Å². The number of phenolic OH excluding ortho intramolecular Hbond substituents is 1. The lowest BCUT2D eigenvalue weighted by molar-refractivity contribution is -0.646. The molecule has 5 rings (SSSR count). The number of hydrogen-bond donors (Lipinski definition) is 1. The number of nitrogens with zero attached hydrogens (tertiary/aromatic N) is 2. The Hall–Kier alpha value is -4.18. The predicted molar refractivity (Wildman–Crippen MR) is 128 cm³/mol. The Morgan fingerprint density at radius 1 is 0.812 bits per heavy atom. The number of fused-ring (bicyclic) bond motifs is 2. The van der Waals surface area contributed by atoms with Crippen molar-refractivity contribution in [2.45, 2.75) is 6.61 Å². The summed E-state index contributed by atoms with van der Waals surface area (Å²) in [6.45, 7) is 0.498. The van der Waals surface area contributed by atoms with Crippen LogP contribution in [0.5, 0.6) is 11.5 Å². The van der Waals surface area contributed by atoms with Crippen LogP contribution in [-0.2, 0) is 13.7 Å². The fraction of sp³-hybridized carbons (Fsp3) is 0.0714. The standard InChI is InChI=1S/C28H22N2O2/c1-30-24(17-14-22-10-5-11-25(31)28(22)30)18-16-23-15-13-21-9-6-12-26(27(21)29-23)32-19-20-7-3-2-4-8-20/h2-18H,19H2,1H3/p+1. The van der Waals surface area contributed by atoms with E-state index >= 15 is 0 Å². The molecule has 0 aliphatic heterocycles. The van der Waals surface area contributed by atoms with Gasteiger partial charge in [-0.1, -0.05) is 54.6 Å². The highest BCUT2D eigenvalue weighted by atomic mass is 16.5. The highest BCUT2D eigenvalue weighted by molar-refractivity contribution is 5.86. The fourth-order valence-corrected chi connectivity index (χ4v) is 3.88. The summed E-state index contributed by atoms with van der Waals surface area (Å²) in [6, 6.07) is 29.8. The van der Waals surface area contributed by atoms with Crippen LogP contribution in [0.3, 0.4) is 0 Å². The first kappa shape index (κ1) is 19.8. The van der Waals surface area contributed by atoms with Crippen LogP contribution < -0.4 is 9.30 Å². The number of phenols is 1. The van der Waals surface area contributed by atoms with Crippen LogP contribution in [-0.4, -0.2) is 10.1 Å². The topological polar surface area (TPSA) is 46.2 Å². The molecular formula is C28H23N2O2+. The minimum absolute atomic E-state index is 0.268. The fourth-order valence-electron chi connectivity index (χ4n) is 3.88. The molecule has 0 unspecified atom stereocenters. The van der Waals surface area contributed by atoms with Gasteiger partial charge in [-0.05, 0) is 42.0 Å². The number of pyridine rings is 2. The summed E-state index contributed by atoms with van der Waals surface area (Å²) >= 11 is 0. The van der Waals surface area contributed by atoms with Gasteiger partial charge in [0.25, 0.3) is 5.52 Å². The highest BCUT2D eigenvalue weighted by Gasteiger charge is 2.13. The zero-order valence-corrected chi connectivity index (χ0v) is 17.8. The average Bonchev–Trinajstić information content (AvgIpc) is 2.83. The SMILES string of the molecule is C[n+]1c(/C=C\c2ccc3cccc(OCc4ccccc4)c3n2)ccc2cccc(O)c21. The van der Waals surface area contributed by atoms with E-state index in [9.17, 15) is 5.11 Å². The van der Waals surface area contributed by atoms with Crippen molar-refractivity contribution in [3.05, 3.63) is 108 Å². The number of aromatic nitrogens is 2. The Morgan fingerprint density at radius 3 is 2.47 bits per heavy atom. The van der Waals surface area contributed by atoms with E-state index in [1.807, 2.05) is 103 Å². The Balaban J connectivity index is 1.46. The van der Waals surface area contributed by atoms with Crippen molar-refractivity contribution >= 4 is 34.0 Å². The van der Waals surface area contributed by atoms with Crippen molar-refractivity contribution in [2.75, 3.05) is 0 Å². The monoisotopic (exact) mass is 419 g/mol. The molecule has 0 fully saturated rings. The Bertz CT molecular complexity index is 1440. The first-order valence-electron chi connectivity index (χ1n) is 10.5. The first-order chi connectivity index (χ1) is 15.7. The van der Waals surface area contributed by atoms with Crippen LogP contribution in [0.4, 0.5) is 0 Å². The second-order valence-electron chi connectivity index (χ2n) is 7.70. The molecule has 0 saturated carbocycles. The van der Waals surface area contributed by atoms with Gasteiger partial charge in [0.05, 0.1) is 11.1 Å². The molecule has 2 heterocycles. The minimum Gasteiger partial charge on any atom is -0.502 e. The quantitative estimate of drug-likeness (QED) is 0.374. The van der Waals surface area contributed by atoms with Gasteiger partial charge in [-0.3, -0.25) is 0 Å². The molecule has 156 valence electrons.